The summed E-state index contributed by atoms with van der Waals surface area (Å²) in [5.41, 5.74) is 0. The summed E-state index contributed by atoms with van der Waals surface area (Å²) in [4.78, 5) is 18.2. The van der Waals surface area contributed by atoms with E-state index in [-0.39, 0.29) is 18.6 Å². The Morgan fingerprint density at radius 3 is 2.75 bits per heavy atom. The summed E-state index contributed by atoms with van der Waals surface area (Å²) in [7, 11) is 0. The molecule has 2 heterocycles. The third kappa shape index (κ3) is 5.82. The number of nitrogens with one attached hydrogen (secondary N) is 1. The van der Waals surface area contributed by atoms with Crippen LogP contribution >= 0.6 is 0 Å². The molecule has 1 N–H and O–H groups in total. The lowest BCUT2D eigenvalue weighted by Crippen LogP contribution is -2.53. The van der Waals surface area contributed by atoms with E-state index in [1.807, 2.05) is 0 Å². The zero-order valence-corrected chi connectivity index (χ0v) is 14.7. The van der Waals surface area contributed by atoms with Gasteiger partial charge in [0.25, 0.3) is 6.43 Å². The summed E-state index contributed by atoms with van der Waals surface area (Å²) in [6.45, 7) is 9.20. The van der Waals surface area contributed by atoms with Crippen molar-refractivity contribution in [2.45, 2.75) is 38.8 Å². The van der Waals surface area contributed by atoms with Gasteiger partial charge >= 0.3 is 6.03 Å². The molecule has 2 amide bonds. The van der Waals surface area contributed by atoms with Crippen molar-refractivity contribution in [3.8, 4) is 0 Å². The fourth-order valence-electron chi connectivity index (χ4n) is 3.41. The molecule has 0 aromatic heterocycles. The number of halogens is 2. The van der Waals surface area contributed by atoms with E-state index < -0.39 is 6.43 Å². The molecule has 0 aromatic carbocycles. The Hall–Kier alpha value is -0.990. The van der Waals surface area contributed by atoms with Crippen molar-refractivity contribution in [1.29, 1.82) is 0 Å². The second-order valence-electron chi connectivity index (χ2n) is 6.73. The molecule has 0 aliphatic carbocycles. The molecule has 0 bridgehead atoms. The van der Waals surface area contributed by atoms with Crippen LogP contribution in [0.3, 0.4) is 0 Å². The van der Waals surface area contributed by atoms with E-state index in [0.29, 0.717) is 38.8 Å². The van der Waals surface area contributed by atoms with Crippen LogP contribution in [-0.4, -0.2) is 98.3 Å². The molecule has 2 aliphatic rings. The van der Waals surface area contributed by atoms with Crippen molar-refractivity contribution in [2.75, 3.05) is 59.0 Å². The van der Waals surface area contributed by atoms with E-state index in [1.165, 1.54) is 0 Å². The van der Waals surface area contributed by atoms with Crippen molar-refractivity contribution in [2.24, 2.45) is 0 Å². The molecule has 0 saturated carbocycles. The van der Waals surface area contributed by atoms with Gasteiger partial charge in [0.15, 0.2) is 0 Å². The largest absolute Gasteiger partial charge is 0.379 e. The van der Waals surface area contributed by atoms with Gasteiger partial charge in [-0.25, -0.2) is 13.6 Å². The van der Waals surface area contributed by atoms with Crippen LogP contribution in [0.1, 0.15) is 20.3 Å². The van der Waals surface area contributed by atoms with Gasteiger partial charge in [0, 0.05) is 51.4 Å². The van der Waals surface area contributed by atoms with Crippen LogP contribution < -0.4 is 5.32 Å². The number of carbonyl (C=O) groups is 1. The van der Waals surface area contributed by atoms with E-state index in [0.717, 1.165) is 26.2 Å². The molecular formula is C16H30F2N4O2. The highest BCUT2D eigenvalue weighted by molar-refractivity contribution is 5.74. The molecule has 2 aliphatic heterocycles. The molecular weight excluding hydrogens is 318 g/mol. The van der Waals surface area contributed by atoms with Gasteiger partial charge in [-0.15, -0.1) is 0 Å². The van der Waals surface area contributed by atoms with Crippen molar-refractivity contribution in [1.82, 2.24) is 20.0 Å². The number of urea groups is 1. The maximum Gasteiger partial charge on any atom is 0.317 e. The first-order valence-corrected chi connectivity index (χ1v) is 8.84. The smallest absolute Gasteiger partial charge is 0.317 e. The minimum absolute atomic E-state index is 0.0957. The van der Waals surface area contributed by atoms with Crippen LogP contribution in [0.25, 0.3) is 0 Å². The summed E-state index contributed by atoms with van der Waals surface area (Å²) < 4.78 is 30.4. The Morgan fingerprint density at radius 1 is 1.25 bits per heavy atom. The summed E-state index contributed by atoms with van der Waals surface area (Å²) in [5.74, 6) is 0. The predicted octanol–water partition coefficient (Wildman–Crippen LogP) is 1.08. The van der Waals surface area contributed by atoms with Gasteiger partial charge in [0.1, 0.15) is 0 Å². The number of hydrogen-bond donors (Lipinski definition) is 1. The number of amides is 2. The van der Waals surface area contributed by atoms with E-state index in [9.17, 15) is 13.6 Å². The Balaban J connectivity index is 1.73. The lowest BCUT2D eigenvalue weighted by Gasteiger charge is -2.38. The lowest BCUT2D eigenvalue weighted by atomic mass is 10.2. The monoisotopic (exact) mass is 348 g/mol. The molecule has 0 radical (unpaired) electrons. The van der Waals surface area contributed by atoms with Gasteiger partial charge in [-0.1, -0.05) is 0 Å². The van der Waals surface area contributed by atoms with Crippen molar-refractivity contribution in [3.05, 3.63) is 0 Å². The van der Waals surface area contributed by atoms with Crippen molar-refractivity contribution < 1.29 is 18.3 Å². The lowest BCUT2D eigenvalue weighted by molar-refractivity contribution is -0.0177. The Morgan fingerprint density at radius 2 is 2.04 bits per heavy atom. The highest BCUT2D eigenvalue weighted by Gasteiger charge is 2.25. The molecule has 0 spiro atoms. The Bertz CT molecular complexity index is 400. The SMILES string of the molecule is C[C@@H]1COCCN1[C@@H](C)CNC(=O)N1CCCN(CC(F)F)CC1. The van der Waals surface area contributed by atoms with Gasteiger partial charge in [-0.05, 0) is 20.3 Å². The molecule has 8 heteroatoms. The number of morpholine rings is 1. The molecule has 0 unspecified atom stereocenters. The van der Waals surface area contributed by atoms with Crippen LogP contribution in [0.15, 0.2) is 0 Å². The fraction of sp³-hybridized carbons (Fsp3) is 0.938. The summed E-state index contributed by atoms with van der Waals surface area (Å²) in [6.07, 6.45) is -1.59. The highest BCUT2D eigenvalue weighted by Crippen LogP contribution is 2.10. The molecule has 140 valence electrons. The summed E-state index contributed by atoms with van der Waals surface area (Å²) >= 11 is 0. The van der Waals surface area contributed by atoms with Gasteiger partial charge in [-0.2, -0.15) is 0 Å². The molecule has 2 fully saturated rings. The molecule has 24 heavy (non-hydrogen) atoms. The van der Waals surface area contributed by atoms with Crippen LogP contribution in [0.2, 0.25) is 0 Å². The maximum atomic E-state index is 12.5. The molecule has 6 nitrogen and oxygen atoms in total. The van der Waals surface area contributed by atoms with E-state index in [1.54, 1.807) is 9.80 Å². The summed E-state index contributed by atoms with van der Waals surface area (Å²) in [6, 6.07) is 0.503. The van der Waals surface area contributed by atoms with Crippen LogP contribution in [-0.2, 0) is 4.74 Å². The van der Waals surface area contributed by atoms with Crippen LogP contribution in [0.5, 0.6) is 0 Å². The van der Waals surface area contributed by atoms with Crippen LogP contribution in [0, 0.1) is 0 Å². The molecule has 0 aromatic rings. The minimum Gasteiger partial charge on any atom is -0.379 e. The molecule has 2 atom stereocenters. The Kier molecular flexibility index (Phi) is 7.64. The first-order chi connectivity index (χ1) is 11.5. The van der Waals surface area contributed by atoms with Crippen LogP contribution in [0.4, 0.5) is 13.6 Å². The second-order valence-corrected chi connectivity index (χ2v) is 6.73. The van der Waals surface area contributed by atoms with E-state index in [2.05, 4.69) is 24.1 Å². The zero-order chi connectivity index (χ0) is 17.5. The third-order valence-electron chi connectivity index (χ3n) is 4.81. The van der Waals surface area contributed by atoms with Crippen molar-refractivity contribution >= 4 is 6.03 Å². The van der Waals surface area contributed by atoms with Crippen molar-refractivity contribution in [3.63, 3.8) is 0 Å². The average molecular weight is 348 g/mol. The van der Waals surface area contributed by atoms with E-state index in [4.69, 9.17) is 4.74 Å². The van der Waals surface area contributed by atoms with Gasteiger partial charge < -0.3 is 15.0 Å². The normalized spacial score (nSPS) is 25.5. The van der Waals surface area contributed by atoms with Gasteiger partial charge in [0.2, 0.25) is 0 Å². The number of hydrogen-bond acceptors (Lipinski definition) is 4. The molecule has 2 rings (SSSR count). The fourth-order valence-corrected chi connectivity index (χ4v) is 3.41. The highest BCUT2D eigenvalue weighted by atomic mass is 19.3. The number of nitrogens with zero attached hydrogens (tertiary/aromatic N) is 3. The first-order valence-electron chi connectivity index (χ1n) is 8.84. The number of carbonyl (C=O) groups excluding carboxylic acids is 1. The minimum atomic E-state index is -2.32. The second kappa shape index (κ2) is 9.48. The number of rotatable bonds is 5. The quantitative estimate of drug-likeness (QED) is 0.808. The Labute approximate surface area is 143 Å². The summed E-state index contributed by atoms with van der Waals surface area (Å²) in [5, 5.41) is 2.99. The topological polar surface area (TPSA) is 48.1 Å². The average Bonchev–Trinajstić information content (AvgIpc) is 2.78. The zero-order valence-electron chi connectivity index (χ0n) is 14.7. The standard InChI is InChI=1S/C16H30F2N4O2/c1-13(22-8-9-24-12-14(22)2)10-19-16(23)21-5-3-4-20(6-7-21)11-15(17)18/h13-15H,3-12H2,1-2H3,(H,19,23)/t13-,14+/m0/s1. The van der Waals surface area contributed by atoms with Gasteiger partial charge in [0.05, 0.1) is 19.8 Å². The maximum absolute atomic E-state index is 12.5. The number of ether oxygens (including phenoxy) is 1. The number of alkyl halides is 2. The van der Waals surface area contributed by atoms with Gasteiger partial charge in [-0.3, -0.25) is 9.80 Å². The predicted molar refractivity (Wildman–Crippen MR) is 88.5 cm³/mol. The third-order valence-corrected chi connectivity index (χ3v) is 4.81. The first kappa shape index (κ1) is 19.3. The molecule has 2 saturated heterocycles. The van der Waals surface area contributed by atoms with E-state index >= 15 is 0 Å².